The van der Waals surface area contributed by atoms with Crippen LogP contribution < -0.4 is 0 Å². The highest BCUT2D eigenvalue weighted by Gasteiger charge is 2.32. The molecular weight excluding hydrogens is 286 g/mol. The molecule has 0 radical (unpaired) electrons. The Labute approximate surface area is 116 Å². The summed E-state index contributed by atoms with van der Waals surface area (Å²) in [6.07, 6.45) is 0. The number of sulfonamides is 1. The molecule has 7 nitrogen and oxygen atoms in total. The van der Waals surface area contributed by atoms with Crippen molar-refractivity contribution in [3.05, 3.63) is 29.8 Å². The second kappa shape index (κ2) is 6.02. The lowest BCUT2D eigenvalue weighted by atomic mass is 10.2. The highest BCUT2D eigenvalue weighted by Crippen LogP contribution is 2.21. The van der Waals surface area contributed by atoms with E-state index in [1.807, 2.05) is 0 Å². The fourth-order valence-corrected chi connectivity index (χ4v) is 2.99. The summed E-state index contributed by atoms with van der Waals surface area (Å²) in [5.74, 6) is -2.09. The van der Waals surface area contributed by atoms with Crippen molar-refractivity contribution in [3.63, 3.8) is 0 Å². The van der Waals surface area contributed by atoms with Gasteiger partial charge in [0.2, 0.25) is 10.0 Å². The van der Waals surface area contributed by atoms with E-state index in [-0.39, 0.29) is 10.5 Å². The number of carbonyl (C=O) groups is 2. The maximum atomic E-state index is 12.4. The lowest BCUT2D eigenvalue weighted by molar-refractivity contribution is -0.140. The van der Waals surface area contributed by atoms with E-state index in [0.29, 0.717) is 4.31 Å². The third-order valence-corrected chi connectivity index (χ3v) is 4.84. The molecule has 1 N–H and O–H groups in total. The van der Waals surface area contributed by atoms with Crippen LogP contribution in [0.15, 0.2) is 29.2 Å². The number of hydrogen-bond acceptors (Lipinski definition) is 5. The average Bonchev–Trinajstić information content (AvgIpc) is 2.44. The molecule has 0 aliphatic carbocycles. The van der Waals surface area contributed by atoms with Crippen molar-refractivity contribution in [1.82, 2.24) is 4.31 Å². The molecule has 0 saturated carbocycles. The van der Waals surface area contributed by atoms with E-state index >= 15 is 0 Å². The Hall–Kier alpha value is -1.93. The fraction of sp³-hybridized carbons (Fsp3) is 0.333. The Morgan fingerprint density at radius 1 is 1.30 bits per heavy atom. The zero-order chi connectivity index (χ0) is 15.5. The van der Waals surface area contributed by atoms with Crippen molar-refractivity contribution in [2.24, 2.45) is 0 Å². The fourth-order valence-electron chi connectivity index (χ4n) is 1.49. The number of carbonyl (C=O) groups excluding carboxylic acids is 1. The van der Waals surface area contributed by atoms with E-state index < -0.39 is 28.0 Å². The van der Waals surface area contributed by atoms with Gasteiger partial charge >= 0.3 is 11.9 Å². The Morgan fingerprint density at radius 2 is 1.85 bits per heavy atom. The maximum absolute atomic E-state index is 12.4. The first kappa shape index (κ1) is 16.1. The monoisotopic (exact) mass is 301 g/mol. The molecule has 0 bridgehead atoms. The molecule has 0 spiro atoms. The summed E-state index contributed by atoms with van der Waals surface area (Å²) in [5, 5.41) is 8.89. The number of hydrogen-bond donors (Lipinski definition) is 1. The molecular formula is C12H15NO6S. The van der Waals surface area contributed by atoms with Gasteiger partial charge in [0.25, 0.3) is 0 Å². The Kier molecular flexibility index (Phi) is 4.85. The molecule has 0 saturated heterocycles. The molecule has 0 aromatic heterocycles. The topological polar surface area (TPSA) is 101 Å². The lowest BCUT2D eigenvalue weighted by Gasteiger charge is -2.22. The number of methoxy groups -OCH3 is 1. The van der Waals surface area contributed by atoms with E-state index in [4.69, 9.17) is 5.11 Å². The SMILES string of the molecule is COC(=O)c1ccccc1S(=O)(=O)N(C)C(C)C(=O)O. The molecule has 110 valence electrons. The second-order valence-electron chi connectivity index (χ2n) is 4.02. The minimum atomic E-state index is -4.12. The highest BCUT2D eigenvalue weighted by molar-refractivity contribution is 7.89. The molecule has 0 fully saturated rings. The molecule has 1 atom stereocenters. The summed E-state index contributed by atoms with van der Waals surface area (Å²) < 4.78 is 30.0. The Balaban J connectivity index is 3.37. The van der Waals surface area contributed by atoms with Crippen molar-refractivity contribution in [3.8, 4) is 0 Å². The number of benzene rings is 1. The number of rotatable bonds is 5. The minimum absolute atomic E-state index is 0.139. The standard InChI is InChI=1S/C12H15NO6S/c1-8(11(14)15)13(2)20(17,18)10-7-5-4-6-9(10)12(16)19-3/h4-8H,1-3H3,(H,14,15). The maximum Gasteiger partial charge on any atom is 0.339 e. The van der Waals surface area contributed by atoms with E-state index in [1.54, 1.807) is 0 Å². The zero-order valence-corrected chi connectivity index (χ0v) is 12.0. The molecule has 1 rings (SSSR count). The van der Waals surface area contributed by atoms with Gasteiger partial charge in [-0.05, 0) is 19.1 Å². The molecule has 20 heavy (non-hydrogen) atoms. The molecule has 0 amide bonds. The largest absolute Gasteiger partial charge is 0.480 e. The normalized spacial score (nSPS) is 13.0. The summed E-state index contributed by atoms with van der Waals surface area (Å²) >= 11 is 0. The number of carboxylic acid groups (broad SMARTS) is 1. The van der Waals surface area contributed by atoms with Crippen molar-refractivity contribution in [2.75, 3.05) is 14.2 Å². The van der Waals surface area contributed by atoms with Crippen molar-refractivity contribution < 1.29 is 27.9 Å². The molecule has 0 aliphatic rings. The number of carboxylic acids is 1. The van der Waals surface area contributed by atoms with Gasteiger partial charge in [0.15, 0.2) is 0 Å². The average molecular weight is 301 g/mol. The quantitative estimate of drug-likeness (QED) is 0.798. The molecule has 1 aromatic rings. The molecule has 1 aromatic carbocycles. The van der Waals surface area contributed by atoms with Gasteiger partial charge in [-0.1, -0.05) is 12.1 Å². The van der Waals surface area contributed by atoms with Gasteiger partial charge in [0.05, 0.1) is 17.6 Å². The predicted octanol–water partition coefficient (Wildman–Crippen LogP) is 0.567. The van der Waals surface area contributed by atoms with Crippen LogP contribution in [0, 0.1) is 0 Å². The van der Waals surface area contributed by atoms with Gasteiger partial charge < -0.3 is 9.84 Å². The third-order valence-electron chi connectivity index (χ3n) is 2.85. The van der Waals surface area contributed by atoms with Crippen LogP contribution in [0.5, 0.6) is 0 Å². The van der Waals surface area contributed by atoms with E-state index in [0.717, 1.165) is 14.2 Å². The summed E-state index contributed by atoms with van der Waals surface area (Å²) in [7, 11) is -1.84. The van der Waals surface area contributed by atoms with Crippen molar-refractivity contribution in [1.29, 1.82) is 0 Å². The summed E-state index contributed by atoms with van der Waals surface area (Å²) in [5.41, 5.74) is -0.139. The number of nitrogens with zero attached hydrogens (tertiary/aromatic N) is 1. The van der Waals surface area contributed by atoms with Crippen LogP contribution in [0.1, 0.15) is 17.3 Å². The minimum Gasteiger partial charge on any atom is -0.480 e. The van der Waals surface area contributed by atoms with Crippen molar-refractivity contribution >= 4 is 22.0 Å². The van der Waals surface area contributed by atoms with E-state index in [1.165, 1.54) is 31.2 Å². The first-order chi connectivity index (χ1) is 9.23. The first-order valence-electron chi connectivity index (χ1n) is 5.61. The highest BCUT2D eigenvalue weighted by atomic mass is 32.2. The zero-order valence-electron chi connectivity index (χ0n) is 11.2. The molecule has 0 aliphatic heterocycles. The summed E-state index contributed by atoms with van der Waals surface area (Å²) in [6.45, 7) is 1.24. The number of ether oxygens (including phenoxy) is 1. The van der Waals surface area contributed by atoms with Crippen LogP contribution in [0.3, 0.4) is 0 Å². The van der Waals surface area contributed by atoms with Crippen LogP contribution in [0.4, 0.5) is 0 Å². The Bertz CT molecular complexity index is 625. The first-order valence-corrected chi connectivity index (χ1v) is 7.05. The lowest BCUT2D eigenvalue weighted by Crippen LogP contribution is -2.40. The third kappa shape index (κ3) is 2.97. The number of aliphatic carboxylic acids is 1. The number of esters is 1. The molecule has 1 unspecified atom stereocenters. The summed E-state index contributed by atoms with van der Waals surface area (Å²) in [4.78, 5) is 22.2. The molecule has 0 heterocycles. The van der Waals surface area contributed by atoms with Gasteiger partial charge in [-0.15, -0.1) is 0 Å². The van der Waals surface area contributed by atoms with Gasteiger partial charge in [0.1, 0.15) is 6.04 Å². The number of likely N-dealkylation sites (N-methyl/N-ethyl adjacent to an activating group) is 1. The predicted molar refractivity (Wildman–Crippen MR) is 69.8 cm³/mol. The van der Waals surface area contributed by atoms with Crippen LogP contribution in [0.25, 0.3) is 0 Å². The van der Waals surface area contributed by atoms with Gasteiger partial charge in [-0.3, -0.25) is 4.79 Å². The van der Waals surface area contributed by atoms with E-state index in [2.05, 4.69) is 4.74 Å². The van der Waals surface area contributed by atoms with Gasteiger partial charge in [-0.2, -0.15) is 4.31 Å². The Morgan fingerprint density at radius 3 is 2.35 bits per heavy atom. The van der Waals surface area contributed by atoms with Gasteiger partial charge in [-0.25, -0.2) is 13.2 Å². The van der Waals surface area contributed by atoms with Gasteiger partial charge in [0, 0.05) is 7.05 Å². The smallest absolute Gasteiger partial charge is 0.339 e. The van der Waals surface area contributed by atoms with Crippen LogP contribution in [-0.4, -0.2) is 50.0 Å². The van der Waals surface area contributed by atoms with Crippen LogP contribution >= 0.6 is 0 Å². The molecule has 8 heteroatoms. The van der Waals surface area contributed by atoms with E-state index in [9.17, 15) is 18.0 Å². The van der Waals surface area contributed by atoms with Crippen LogP contribution in [-0.2, 0) is 19.6 Å². The van der Waals surface area contributed by atoms with Crippen LogP contribution in [0.2, 0.25) is 0 Å². The second-order valence-corrected chi connectivity index (χ2v) is 5.99. The summed E-state index contributed by atoms with van der Waals surface area (Å²) in [6, 6.07) is 4.21. The van der Waals surface area contributed by atoms with Crippen molar-refractivity contribution in [2.45, 2.75) is 17.9 Å².